The molecule has 0 aliphatic carbocycles. The lowest BCUT2D eigenvalue weighted by atomic mass is 9.99. The third kappa shape index (κ3) is 3.80. The molecule has 0 aromatic heterocycles. The van der Waals surface area contributed by atoms with E-state index in [4.69, 9.17) is 19.3 Å². The van der Waals surface area contributed by atoms with Crippen LogP contribution in [0.15, 0.2) is 18.2 Å². The highest BCUT2D eigenvalue weighted by Crippen LogP contribution is 2.32. The summed E-state index contributed by atoms with van der Waals surface area (Å²) in [5, 5.41) is 49.7. The van der Waals surface area contributed by atoms with Crippen molar-refractivity contribution in [3.63, 3.8) is 0 Å². The summed E-state index contributed by atoms with van der Waals surface area (Å²) >= 11 is 0. The van der Waals surface area contributed by atoms with Crippen LogP contribution >= 0.6 is 0 Å². The maximum Gasteiger partial charge on any atom is 0.311 e. The molecular formula is C14H19NO9. The van der Waals surface area contributed by atoms with Crippen LogP contribution in [0.3, 0.4) is 0 Å². The van der Waals surface area contributed by atoms with Gasteiger partial charge in [0.2, 0.25) is 6.29 Å². The Morgan fingerprint density at radius 2 is 1.96 bits per heavy atom. The molecular weight excluding hydrogens is 326 g/mol. The van der Waals surface area contributed by atoms with E-state index >= 15 is 0 Å². The molecule has 1 saturated heterocycles. The summed E-state index contributed by atoms with van der Waals surface area (Å²) < 4.78 is 15.4. The van der Waals surface area contributed by atoms with Crippen LogP contribution in [-0.4, -0.2) is 69.8 Å². The number of nitrogens with zero attached hydrogens (tertiary/aromatic N) is 1. The van der Waals surface area contributed by atoms with E-state index in [1.165, 1.54) is 25.3 Å². The molecule has 1 aliphatic heterocycles. The second-order valence-corrected chi connectivity index (χ2v) is 5.31. The molecule has 2 rings (SSSR count). The highest BCUT2D eigenvalue weighted by molar-refractivity contribution is 5.48. The predicted octanol–water partition coefficient (Wildman–Crippen LogP) is -1.08. The molecule has 1 aromatic rings. The molecule has 1 fully saturated rings. The van der Waals surface area contributed by atoms with Crippen molar-refractivity contribution in [3.05, 3.63) is 33.9 Å². The van der Waals surface area contributed by atoms with E-state index in [-0.39, 0.29) is 18.0 Å². The topological polar surface area (TPSA) is 152 Å². The van der Waals surface area contributed by atoms with Crippen LogP contribution in [0.1, 0.15) is 5.56 Å². The van der Waals surface area contributed by atoms with Crippen molar-refractivity contribution in [2.24, 2.45) is 0 Å². The Morgan fingerprint density at radius 3 is 2.54 bits per heavy atom. The number of nitro benzene ring substituents is 1. The summed E-state index contributed by atoms with van der Waals surface area (Å²) in [6.07, 6.45) is -7.48. The van der Waals surface area contributed by atoms with Crippen LogP contribution in [-0.2, 0) is 16.1 Å². The van der Waals surface area contributed by atoms with E-state index in [9.17, 15) is 25.4 Å². The van der Waals surface area contributed by atoms with Gasteiger partial charge in [0.05, 0.1) is 18.1 Å². The van der Waals surface area contributed by atoms with Gasteiger partial charge < -0.3 is 34.6 Å². The Morgan fingerprint density at radius 1 is 1.25 bits per heavy atom. The van der Waals surface area contributed by atoms with Gasteiger partial charge in [-0.05, 0) is 11.6 Å². The standard InChI is InChI=1S/C14H19NO9/c1-22-6-7-2-3-9(8(4-7)15(20)21)23-14-13(19)12(18)11(17)10(5-16)24-14/h2-4,10-14,16-19H,5-6H2,1H3. The minimum atomic E-state index is -1.65. The minimum absolute atomic E-state index is 0.168. The second-order valence-electron chi connectivity index (χ2n) is 5.31. The van der Waals surface area contributed by atoms with Gasteiger partial charge in [-0.25, -0.2) is 0 Å². The molecule has 5 unspecified atom stereocenters. The number of aliphatic hydroxyl groups is 4. The number of nitro groups is 1. The summed E-state index contributed by atoms with van der Waals surface area (Å²) in [6, 6.07) is 4.10. The number of hydrogen-bond donors (Lipinski definition) is 4. The predicted molar refractivity (Wildman–Crippen MR) is 78.2 cm³/mol. The lowest BCUT2D eigenvalue weighted by Gasteiger charge is -2.39. The molecule has 0 spiro atoms. The van der Waals surface area contributed by atoms with E-state index in [1.807, 2.05) is 0 Å². The van der Waals surface area contributed by atoms with Crippen LogP contribution in [0.5, 0.6) is 5.75 Å². The number of methoxy groups -OCH3 is 1. The molecule has 134 valence electrons. The van der Waals surface area contributed by atoms with Crippen molar-refractivity contribution >= 4 is 5.69 Å². The quantitative estimate of drug-likeness (QED) is 0.372. The van der Waals surface area contributed by atoms with Crippen LogP contribution < -0.4 is 4.74 Å². The van der Waals surface area contributed by atoms with Crippen LogP contribution in [0.4, 0.5) is 5.69 Å². The van der Waals surface area contributed by atoms with E-state index in [0.717, 1.165) is 0 Å². The van der Waals surface area contributed by atoms with E-state index in [0.29, 0.717) is 5.56 Å². The molecule has 1 aliphatic rings. The Kier molecular flexibility index (Phi) is 6.04. The van der Waals surface area contributed by atoms with Gasteiger partial charge in [-0.3, -0.25) is 10.1 Å². The molecule has 10 nitrogen and oxygen atoms in total. The van der Waals surface area contributed by atoms with Crippen LogP contribution in [0.2, 0.25) is 0 Å². The lowest BCUT2D eigenvalue weighted by molar-refractivity contribution is -0.387. The molecule has 10 heteroatoms. The molecule has 1 aromatic carbocycles. The zero-order valence-electron chi connectivity index (χ0n) is 12.8. The molecule has 1 heterocycles. The summed E-state index contributed by atoms with van der Waals surface area (Å²) in [7, 11) is 1.45. The van der Waals surface area contributed by atoms with Crippen molar-refractivity contribution in [2.75, 3.05) is 13.7 Å². The molecule has 0 amide bonds. The fourth-order valence-electron chi connectivity index (χ4n) is 2.35. The van der Waals surface area contributed by atoms with Gasteiger partial charge in [-0.1, -0.05) is 6.07 Å². The number of benzene rings is 1. The first-order valence-corrected chi connectivity index (χ1v) is 7.12. The smallest absolute Gasteiger partial charge is 0.311 e. The molecule has 0 saturated carbocycles. The van der Waals surface area contributed by atoms with Crippen molar-refractivity contribution in [2.45, 2.75) is 37.3 Å². The Labute approximate surface area is 137 Å². The van der Waals surface area contributed by atoms with E-state index in [2.05, 4.69) is 0 Å². The van der Waals surface area contributed by atoms with Crippen molar-refractivity contribution in [1.82, 2.24) is 0 Å². The van der Waals surface area contributed by atoms with Gasteiger partial charge in [-0.2, -0.15) is 0 Å². The SMILES string of the molecule is COCc1ccc(OC2OC(CO)C(O)C(O)C2O)c([N+](=O)[O-])c1. The van der Waals surface area contributed by atoms with Crippen LogP contribution in [0.25, 0.3) is 0 Å². The normalized spacial score (nSPS) is 30.1. The molecule has 24 heavy (non-hydrogen) atoms. The van der Waals surface area contributed by atoms with E-state index in [1.54, 1.807) is 0 Å². The van der Waals surface area contributed by atoms with Gasteiger partial charge >= 0.3 is 5.69 Å². The van der Waals surface area contributed by atoms with Crippen molar-refractivity contribution < 1.29 is 39.6 Å². The fraction of sp³-hybridized carbons (Fsp3) is 0.571. The lowest BCUT2D eigenvalue weighted by Crippen LogP contribution is -2.60. The summed E-state index contributed by atoms with van der Waals surface area (Å²) in [5.74, 6) is -0.191. The van der Waals surface area contributed by atoms with Crippen LogP contribution in [0, 0.1) is 10.1 Å². The summed E-state index contributed by atoms with van der Waals surface area (Å²) in [4.78, 5) is 10.5. The highest BCUT2D eigenvalue weighted by Gasteiger charge is 2.45. The fourth-order valence-corrected chi connectivity index (χ4v) is 2.35. The zero-order valence-corrected chi connectivity index (χ0v) is 12.8. The third-order valence-electron chi connectivity index (χ3n) is 3.62. The molecule has 0 bridgehead atoms. The van der Waals surface area contributed by atoms with Gasteiger partial charge in [0.25, 0.3) is 0 Å². The number of hydrogen-bond acceptors (Lipinski definition) is 9. The Bertz CT molecular complexity index is 579. The van der Waals surface area contributed by atoms with Crippen molar-refractivity contribution in [1.29, 1.82) is 0 Å². The van der Waals surface area contributed by atoms with Gasteiger partial charge in [-0.15, -0.1) is 0 Å². The van der Waals surface area contributed by atoms with Gasteiger partial charge in [0.15, 0.2) is 5.75 Å². The summed E-state index contributed by atoms with van der Waals surface area (Å²) in [6.45, 7) is -0.457. The monoisotopic (exact) mass is 345 g/mol. The van der Waals surface area contributed by atoms with Gasteiger partial charge in [0.1, 0.15) is 24.4 Å². The average molecular weight is 345 g/mol. The highest BCUT2D eigenvalue weighted by atomic mass is 16.7. The second kappa shape index (κ2) is 7.83. The van der Waals surface area contributed by atoms with Gasteiger partial charge in [0, 0.05) is 13.2 Å². The largest absolute Gasteiger partial charge is 0.455 e. The number of aliphatic hydroxyl groups excluding tert-OH is 4. The van der Waals surface area contributed by atoms with E-state index < -0.39 is 42.2 Å². The van der Waals surface area contributed by atoms with Crippen molar-refractivity contribution in [3.8, 4) is 5.75 Å². The third-order valence-corrected chi connectivity index (χ3v) is 3.62. The Balaban J connectivity index is 2.24. The maximum atomic E-state index is 11.2. The first-order chi connectivity index (χ1) is 11.4. The number of rotatable bonds is 6. The first-order valence-electron chi connectivity index (χ1n) is 7.12. The molecule has 0 radical (unpaired) electrons. The minimum Gasteiger partial charge on any atom is -0.455 e. The molecule has 5 atom stereocenters. The first kappa shape index (κ1) is 18.5. The Hall–Kier alpha value is -1.82. The maximum absolute atomic E-state index is 11.2. The summed E-state index contributed by atoms with van der Waals surface area (Å²) in [5.41, 5.74) is 0.173. The zero-order chi connectivity index (χ0) is 17.9. The number of ether oxygens (including phenoxy) is 3. The molecule has 4 N–H and O–H groups in total. The average Bonchev–Trinajstić information content (AvgIpc) is 2.56.